The molecule has 0 amide bonds. The number of aromatic nitrogens is 2. The first-order chi connectivity index (χ1) is 13.4. The molecule has 1 unspecified atom stereocenters. The molecule has 0 fully saturated rings. The van der Waals surface area contributed by atoms with Gasteiger partial charge in [-0.1, -0.05) is 30.0 Å². The Morgan fingerprint density at radius 3 is 2.57 bits per heavy atom. The van der Waals surface area contributed by atoms with Crippen LogP contribution in [0.1, 0.15) is 40.9 Å². The van der Waals surface area contributed by atoms with Crippen molar-refractivity contribution in [2.24, 2.45) is 0 Å². The van der Waals surface area contributed by atoms with Gasteiger partial charge in [0.25, 0.3) is 11.1 Å². The second-order valence-corrected chi connectivity index (χ2v) is 7.97. The first kappa shape index (κ1) is 20.1. The van der Waals surface area contributed by atoms with Crippen LogP contribution in [0.4, 0.5) is 0 Å². The number of ketones is 1. The van der Waals surface area contributed by atoms with Crippen LogP contribution < -0.4 is 4.74 Å². The zero-order valence-electron chi connectivity index (χ0n) is 16.8. The van der Waals surface area contributed by atoms with Crippen LogP contribution in [0.3, 0.4) is 0 Å². The van der Waals surface area contributed by atoms with Gasteiger partial charge in [0.1, 0.15) is 5.75 Å². The van der Waals surface area contributed by atoms with Gasteiger partial charge in [-0.3, -0.25) is 4.79 Å². The lowest BCUT2D eigenvalue weighted by Gasteiger charge is -2.12. The zero-order valence-corrected chi connectivity index (χ0v) is 17.6. The van der Waals surface area contributed by atoms with E-state index in [1.165, 1.54) is 17.3 Å². The van der Waals surface area contributed by atoms with E-state index in [0.717, 1.165) is 22.3 Å². The summed E-state index contributed by atoms with van der Waals surface area (Å²) in [4.78, 5) is 12.9. The Labute approximate surface area is 169 Å². The van der Waals surface area contributed by atoms with Gasteiger partial charge in [-0.15, -0.1) is 10.2 Å². The average molecular weight is 397 g/mol. The fourth-order valence-electron chi connectivity index (χ4n) is 2.94. The van der Waals surface area contributed by atoms with Crippen molar-refractivity contribution in [1.29, 1.82) is 0 Å². The van der Waals surface area contributed by atoms with Crippen LogP contribution in [-0.2, 0) is 0 Å². The number of hydrogen-bond donors (Lipinski definition) is 0. The number of carbonyl (C=O) groups excluding carboxylic acids is 1. The van der Waals surface area contributed by atoms with Crippen LogP contribution in [0.15, 0.2) is 46.0 Å². The molecule has 3 aromatic rings. The van der Waals surface area contributed by atoms with Crippen molar-refractivity contribution in [3.8, 4) is 17.2 Å². The molecule has 0 radical (unpaired) electrons. The highest BCUT2D eigenvalue weighted by atomic mass is 32.2. The van der Waals surface area contributed by atoms with Gasteiger partial charge in [0, 0.05) is 5.56 Å². The molecule has 0 aliphatic rings. The number of Topliss-reactive ketones (excluding diaryl/α,β-unsaturated/α-hetero) is 1. The zero-order chi connectivity index (χ0) is 20.3. The van der Waals surface area contributed by atoms with E-state index < -0.39 is 0 Å². The van der Waals surface area contributed by atoms with Crippen molar-refractivity contribution in [3.63, 3.8) is 0 Å². The Hall–Kier alpha value is -2.60. The number of benzene rings is 2. The fourth-order valence-corrected chi connectivity index (χ4v) is 3.69. The van der Waals surface area contributed by atoms with E-state index in [1.807, 2.05) is 58.0 Å². The smallest absolute Gasteiger partial charge is 0.277 e. The maximum absolute atomic E-state index is 12.9. The Kier molecular flexibility index (Phi) is 6.19. The van der Waals surface area contributed by atoms with Gasteiger partial charge in [0.15, 0.2) is 5.78 Å². The van der Waals surface area contributed by atoms with Gasteiger partial charge in [0.05, 0.1) is 17.4 Å². The summed E-state index contributed by atoms with van der Waals surface area (Å²) in [5.74, 6) is 1.13. The quantitative estimate of drug-likeness (QED) is 0.392. The largest absolute Gasteiger partial charge is 0.493 e. The normalized spacial score (nSPS) is 12.0. The maximum Gasteiger partial charge on any atom is 0.277 e. The van der Waals surface area contributed by atoms with E-state index in [0.29, 0.717) is 23.5 Å². The standard InChI is InChI=1S/C22H24N2O3S/c1-6-26-19-10-8-7-9-17(19)21-23-24-22(27-21)28-16(5)20(25)18-12-14(3)13(2)11-15(18)4/h7-12,16H,6H2,1-5H3. The van der Waals surface area contributed by atoms with Crippen molar-refractivity contribution in [3.05, 3.63) is 58.7 Å². The molecule has 28 heavy (non-hydrogen) atoms. The van der Waals surface area contributed by atoms with Crippen molar-refractivity contribution in [2.75, 3.05) is 6.61 Å². The van der Waals surface area contributed by atoms with Crippen molar-refractivity contribution < 1.29 is 13.9 Å². The van der Waals surface area contributed by atoms with Crippen molar-refractivity contribution in [2.45, 2.75) is 45.1 Å². The molecular weight excluding hydrogens is 372 g/mol. The van der Waals surface area contributed by atoms with Crippen molar-refractivity contribution in [1.82, 2.24) is 10.2 Å². The minimum atomic E-state index is -0.337. The third kappa shape index (κ3) is 4.28. The number of nitrogens with zero attached hydrogens (tertiary/aromatic N) is 2. The van der Waals surface area contributed by atoms with Crippen LogP contribution in [-0.4, -0.2) is 27.8 Å². The van der Waals surface area contributed by atoms with Gasteiger partial charge in [-0.05, 0) is 69.5 Å². The van der Waals surface area contributed by atoms with E-state index >= 15 is 0 Å². The van der Waals surface area contributed by atoms with Gasteiger partial charge < -0.3 is 9.15 Å². The summed E-state index contributed by atoms with van der Waals surface area (Å²) in [6.07, 6.45) is 0. The molecule has 5 nitrogen and oxygen atoms in total. The molecule has 0 aliphatic carbocycles. The Bertz CT molecular complexity index is 997. The third-order valence-corrected chi connectivity index (χ3v) is 5.51. The van der Waals surface area contributed by atoms with Crippen LogP contribution in [0, 0.1) is 20.8 Å². The van der Waals surface area contributed by atoms with E-state index in [4.69, 9.17) is 9.15 Å². The highest BCUT2D eigenvalue weighted by Crippen LogP contribution is 2.32. The van der Waals surface area contributed by atoms with E-state index in [-0.39, 0.29) is 11.0 Å². The molecule has 0 saturated heterocycles. The summed E-state index contributed by atoms with van der Waals surface area (Å²) < 4.78 is 11.4. The predicted octanol–water partition coefficient (Wildman–Crippen LogP) is 5.42. The highest BCUT2D eigenvalue weighted by molar-refractivity contribution is 8.00. The molecule has 3 rings (SSSR count). The minimum Gasteiger partial charge on any atom is -0.493 e. The molecule has 0 aliphatic heterocycles. The summed E-state index contributed by atoms with van der Waals surface area (Å²) in [6, 6.07) is 11.5. The molecule has 6 heteroatoms. The second-order valence-electron chi connectivity index (χ2n) is 6.68. The molecule has 146 valence electrons. The number of aryl methyl sites for hydroxylation is 3. The lowest BCUT2D eigenvalue weighted by molar-refractivity contribution is 0.0993. The summed E-state index contributed by atoms with van der Waals surface area (Å²) in [7, 11) is 0. The van der Waals surface area contributed by atoms with E-state index in [1.54, 1.807) is 0 Å². The van der Waals surface area contributed by atoms with Crippen LogP contribution in [0.25, 0.3) is 11.5 Å². The number of rotatable bonds is 7. The van der Waals surface area contributed by atoms with Crippen LogP contribution in [0.2, 0.25) is 0 Å². The molecule has 0 bridgehead atoms. The minimum absolute atomic E-state index is 0.0556. The van der Waals surface area contributed by atoms with E-state index in [9.17, 15) is 4.79 Å². The third-order valence-electron chi connectivity index (χ3n) is 4.58. The predicted molar refractivity (Wildman–Crippen MR) is 111 cm³/mol. The maximum atomic E-state index is 12.9. The molecule has 0 saturated carbocycles. The summed E-state index contributed by atoms with van der Waals surface area (Å²) in [5.41, 5.74) is 4.76. The lowest BCUT2D eigenvalue weighted by atomic mass is 9.97. The van der Waals surface area contributed by atoms with Gasteiger partial charge >= 0.3 is 0 Å². The topological polar surface area (TPSA) is 65.2 Å². The SMILES string of the molecule is CCOc1ccccc1-c1nnc(SC(C)C(=O)c2cc(C)c(C)cc2C)o1. The first-order valence-corrected chi connectivity index (χ1v) is 10.1. The Balaban J connectivity index is 1.78. The van der Waals surface area contributed by atoms with Gasteiger partial charge in [0.2, 0.25) is 0 Å². The monoisotopic (exact) mass is 396 g/mol. The molecule has 1 heterocycles. The first-order valence-electron chi connectivity index (χ1n) is 9.25. The molecule has 0 spiro atoms. The lowest BCUT2D eigenvalue weighted by Crippen LogP contribution is -2.15. The van der Waals surface area contributed by atoms with Crippen LogP contribution in [0.5, 0.6) is 5.75 Å². The van der Waals surface area contributed by atoms with Gasteiger partial charge in [-0.2, -0.15) is 0 Å². The number of hydrogen-bond acceptors (Lipinski definition) is 6. The molecule has 2 aromatic carbocycles. The molecule has 1 aromatic heterocycles. The number of thioether (sulfide) groups is 1. The van der Waals surface area contributed by atoms with Gasteiger partial charge in [-0.25, -0.2) is 0 Å². The number of carbonyl (C=O) groups is 1. The number of para-hydroxylation sites is 1. The molecule has 1 atom stereocenters. The fraction of sp³-hybridized carbons (Fsp3) is 0.318. The average Bonchev–Trinajstić information content (AvgIpc) is 3.13. The number of ether oxygens (including phenoxy) is 1. The van der Waals surface area contributed by atoms with E-state index in [2.05, 4.69) is 23.2 Å². The summed E-state index contributed by atoms with van der Waals surface area (Å²) in [5, 5.41) is 8.26. The second kappa shape index (κ2) is 8.61. The van der Waals surface area contributed by atoms with Crippen LogP contribution >= 0.6 is 11.8 Å². The van der Waals surface area contributed by atoms with Crippen molar-refractivity contribution >= 4 is 17.5 Å². The molecular formula is C22H24N2O3S. The highest BCUT2D eigenvalue weighted by Gasteiger charge is 2.22. The summed E-state index contributed by atoms with van der Waals surface area (Å²) in [6.45, 7) is 10.4. The molecule has 0 N–H and O–H groups in total. The summed E-state index contributed by atoms with van der Waals surface area (Å²) >= 11 is 1.27. The Morgan fingerprint density at radius 1 is 1.11 bits per heavy atom. The Morgan fingerprint density at radius 2 is 1.82 bits per heavy atom.